The van der Waals surface area contributed by atoms with Crippen LogP contribution in [0.2, 0.25) is 0 Å². The number of hydrogen-bond acceptors (Lipinski definition) is 0. The van der Waals surface area contributed by atoms with Gasteiger partial charge in [0.2, 0.25) is 0 Å². The molecular weight excluding hydrogens is 563 g/mol. The predicted octanol–water partition coefficient (Wildman–Crippen LogP) is 7.85. The van der Waals surface area contributed by atoms with Gasteiger partial charge in [0.25, 0.3) is 0 Å². The molecule has 2 radical (unpaired) electrons. The summed E-state index contributed by atoms with van der Waals surface area (Å²) in [6.45, 7) is 4.45. The van der Waals surface area contributed by atoms with Crippen LogP contribution in [0, 0.1) is 6.07 Å². The van der Waals surface area contributed by atoms with E-state index in [-0.39, 0.29) is 0 Å². The molecule has 35 heavy (non-hydrogen) atoms. The van der Waals surface area contributed by atoms with Gasteiger partial charge in [-0.3, -0.25) is 0 Å². The summed E-state index contributed by atoms with van der Waals surface area (Å²) in [6.07, 6.45) is 2.18. The van der Waals surface area contributed by atoms with Gasteiger partial charge >= 0.3 is 37.9 Å². The zero-order valence-electron chi connectivity index (χ0n) is 19.9. The van der Waals surface area contributed by atoms with Crippen LogP contribution in [0.5, 0.6) is 0 Å². The minimum atomic E-state index is -0.826. The fourth-order valence-corrected chi connectivity index (χ4v) is 5.87. The maximum atomic E-state index is 4.93. The third kappa shape index (κ3) is 6.12. The van der Waals surface area contributed by atoms with Crippen molar-refractivity contribution in [3.05, 3.63) is 114 Å². The first-order valence-corrected chi connectivity index (χ1v) is 19.1. The molecule has 1 aliphatic rings. The molecular formula is C31H26Cl2SiZr. The molecule has 0 bridgehead atoms. The number of hydrogen-bond donors (Lipinski definition) is 0. The minimum Gasteiger partial charge on any atom is -0.184 e. The quantitative estimate of drug-likeness (QED) is 0.146. The van der Waals surface area contributed by atoms with Crippen molar-refractivity contribution in [1.82, 2.24) is 0 Å². The number of fused-ring (bicyclic) bond motifs is 4. The summed E-state index contributed by atoms with van der Waals surface area (Å²) >= 11 is -0.826. The third-order valence-corrected chi connectivity index (χ3v) is 7.59. The summed E-state index contributed by atoms with van der Waals surface area (Å²) in [5, 5.41) is 5.60. The van der Waals surface area contributed by atoms with E-state index in [2.05, 4.69) is 111 Å². The van der Waals surface area contributed by atoms with Crippen molar-refractivity contribution in [2.24, 2.45) is 0 Å². The maximum absolute atomic E-state index is 4.93. The second-order valence-electron chi connectivity index (χ2n) is 8.24. The largest absolute Gasteiger partial charge is 0.184 e. The van der Waals surface area contributed by atoms with Gasteiger partial charge in [0, 0.05) is 0 Å². The molecule has 0 aromatic heterocycles. The molecule has 0 fully saturated rings. The topological polar surface area (TPSA) is 0 Å². The van der Waals surface area contributed by atoms with Crippen LogP contribution in [0.1, 0.15) is 25.0 Å². The van der Waals surface area contributed by atoms with Crippen molar-refractivity contribution in [2.45, 2.75) is 26.7 Å². The average Bonchev–Trinajstić information content (AvgIpc) is 3.50. The van der Waals surface area contributed by atoms with Gasteiger partial charge in [-0.05, 0) is 18.4 Å². The van der Waals surface area contributed by atoms with E-state index in [0.29, 0.717) is 0 Å². The summed E-state index contributed by atoms with van der Waals surface area (Å²) in [5.74, 6) is 0. The van der Waals surface area contributed by atoms with E-state index in [1.807, 2.05) is 6.07 Å². The first-order valence-electron chi connectivity index (χ1n) is 11.8. The summed E-state index contributed by atoms with van der Waals surface area (Å²) in [5.41, 5.74) is 8.38. The van der Waals surface area contributed by atoms with E-state index in [9.17, 15) is 0 Å². The van der Waals surface area contributed by atoms with Gasteiger partial charge < -0.3 is 0 Å². The second-order valence-corrected chi connectivity index (χ2v) is 13.3. The molecule has 0 saturated carbocycles. The summed E-state index contributed by atoms with van der Waals surface area (Å²) in [7, 11) is 10.7. The fourth-order valence-electron chi connectivity index (χ4n) is 4.56. The van der Waals surface area contributed by atoms with E-state index >= 15 is 0 Å². The van der Waals surface area contributed by atoms with Crippen molar-refractivity contribution in [2.75, 3.05) is 0 Å². The summed E-state index contributed by atoms with van der Waals surface area (Å²) < 4.78 is 0. The van der Waals surface area contributed by atoms with Crippen molar-refractivity contribution < 1.29 is 20.8 Å². The molecule has 0 N–H and O–H groups in total. The van der Waals surface area contributed by atoms with E-state index < -0.39 is 20.8 Å². The minimum absolute atomic E-state index is 0.795. The van der Waals surface area contributed by atoms with Crippen LogP contribution in [-0.4, -0.2) is 9.52 Å². The normalized spacial score (nSPS) is 10.9. The zero-order valence-corrected chi connectivity index (χ0v) is 24.9. The molecule has 0 aliphatic carbocycles. The van der Waals surface area contributed by atoms with Gasteiger partial charge in [0.15, 0.2) is 0 Å². The van der Waals surface area contributed by atoms with Crippen molar-refractivity contribution in [1.29, 1.82) is 0 Å². The predicted molar refractivity (Wildman–Crippen MR) is 151 cm³/mol. The molecule has 6 rings (SSSR count). The molecule has 0 atom stereocenters. The molecule has 0 saturated heterocycles. The third-order valence-electron chi connectivity index (χ3n) is 6.22. The van der Waals surface area contributed by atoms with Crippen LogP contribution in [-0.2, 0) is 33.7 Å². The van der Waals surface area contributed by atoms with Gasteiger partial charge in [-0.25, -0.2) is 0 Å². The van der Waals surface area contributed by atoms with Crippen molar-refractivity contribution >= 4 is 47.7 Å². The first kappa shape index (κ1) is 26.2. The molecule has 1 aliphatic heterocycles. The van der Waals surface area contributed by atoms with Crippen LogP contribution in [0.25, 0.3) is 33.0 Å². The molecule has 5 aromatic rings. The van der Waals surface area contributed by atoms with E-state index in [4.69, 9.17) is 17.0 Å². The first-order chi connectivity index (χ1) is 17.2. The van der Waals surface area contributed by atoms with E-state index in [1.165, 1.54) is 54.5 Å². The Morgan fingerprint density at radius 1 is 0.829 bits per heavy atom. The monoisotopic (exact) mass is 586 g/mol. The SMILES string of the molecule is CCc1cc2c(-c3ccccc3)c(CC)ccc2[cH-]1.[Cl][Zr+2][Cl].[c-]1cccc2c1[Si]c1ccccc1-2. The standard InChI is InChI=1S/C19H19.C12H7Si.2ClH.Zr/c1-3-14-12-17-11-10-15(4-2)19(18(17)13-14)16-8-6-5-7-9-16;1-3-7-11-9(5-1)10-6-2-4-8-12(10)13-11;;;/h5-13H,3-4H2,1-2H3;1-7H;2*1H;/q2*-1;;;+4/p-2. The Morgan fingerprint density at radius 3 is 2.29 bits per heavy atom. The Morgan fingerprint density at radius 2 is 1.54 bits per heavy atom. The molecule has 0 unspecified atom stereocenters. The molecule has 172 valence electrons. The van der Waals surface area contributed by atoms with Gasteiger partial charge in [0.05, 0.1) is 9.52 Å². The number of rotatable bonds is 3. The molecule has 5 aromatic carbocycles. The molecule has 4 heteroatoms. The molecule has 0 spiro atoms. The summed E-state index contributed by atoms with van der Waals surface area (Å²) in [6, 6.07) is 38.1. The maximum Gasteiger partial charge on any atom is 0.0920 e. The average molecular weight is 589 g/mol. The summed E-state index contributed by atoms with van der Waals surface area (Å²) in [4.78, 5) is 0. The van der Waals surface area contributed by atoms with Crippen LogP contribution in [0.3, 0.4) is 0 Å². The number of aryl methyl sites for hydroxylation is 2. The van der Waals surface area contributed by atoms with Crippen LogP contribution in [0.4, 0.5) is 0 Å². The number of halogens is 2. The Bertz CT molecular complexity index is 1350. The fraction of sp³-hybridized carbons (Fsp3) is 0.129. The van der Waals surface area contributed by atoms with Crippen molar-refractivity contribution in [3.8, 4) is 22.3 Å². The van der Waals surface area contributed by atoms with Gasteiger partial charge in [-0.1, -0.05) is 90.3 Å². The molecule has 0 nitrogen and oxygen atoms in total. The van der Waals surface area contributed by atoms with Crippen LogP contribution in [0.15, 0.2) is 97.1 Å². The van der Waals surface area contributed by atoms with E-state index in [0.717, 1.165) is 22.4 Å². The number of benzene rings is 4. The van der Waals surface area contributed by atoms with Crippen LogP contribution < -0.4 is 10.4 Å². The zero-order chi connectivity index (χ0) is 24.6. The Labute approximate surface area is 230 Å². The molecule has 0 amide bonds. The Hall–Kier alpha value is -1.83. The second kappa shape index (κ2) is 12.9. The van der Waals surface area contributed by atoms with Gasteiger partial charge in [0.1, 0.15) is 0 Å². The smallest absolute Gasteiger partial charge is 0.0920 e. The van der Waals surface area contributed by atoms with Crippen LogP contribution >= 0.6 is 17.0 Å². The van der Waals surface area contributed by atoms with Crippen molar-refractivity contribution in [3.63, 3.8) is 0 Å². The Kier molecular flexibility index (Phi) is 9.69. The van der Waals surface area contributed by atoms with Gasteiger partial charge in [-0.15, -0.1) is 40.1 Å². The Balaban J connectivity index is 0.000000156. The van der Waals surface area contributed by atoms with Gasteiger partial charge in [-0.2, -0.15) is 35.5 Å². The molecule has 1 heterocycles. The van der Waals surface area contributed by atoms with E-state index in [1.54, 1.807) is 0 Å².